The number of nitrogens with zero attached hydrogens (tertiary/aromatic N) is 2. The standard InChI is InChI=1S/C25H22N2O5/c1-4-9-26-18-8-6-5-7-17(18)25(24(26)31)20-21(29)16-12-14(2)15(3)13-19(16)32-22(20)23(30)27(25)10-11-28/h4-8,12-13,28H,1,9-11H2,2-3H3. The first kappa shape index (κ1) is 20.2. The average Bonchev–Trinajstić information content (AvgIpc) is 3.16. The molecular formula is C25H22N2O5. The Kier molecular flexibility index (Phi) is 4.36. The Balaban J connectivity index is 1.94. The van der Waals surface area contributed by atoms with Gasteiger partial charge in [-0.3, -0.25) is 14.4 Å². The molecule has 162 valence electrons. The van der Waals surface area contributed by atoms with E-state index in [9.17, 15) is 19.5 Å². The van der Waals surface area contributed by atoms with E-state index in [1.165, 1.54) is 9.80 Å². The topological polar surface area (TPSA) is 91.1 Å². The van der Waals surface area contributed by atoms with Gasteiger partial charge in [0.2, 0.25) is 5.76 Å². The summed E-state index contributed by atoms with van der Waals surface area (Å²) in [4.78, 5) is 44.2. The largest absolute Gasteiger partial charge is 0.450 e. The fraction of sp³-hybridized carbons (Fsp3) is 0.240. The van der Waals surface area contributed by atoms with Crippen molar-refractivity contribution >= 4 is 28.5 Å². The summed E-state index contributed by atoms with van der Waals surface area (Å²) < 4.78 is 5.99. The van der Waals surface area contributed by atoms with Crippen LogP contribution in [0, 0.1) is 13.8 Å². The number of amides is 2. The number of hydrogen-bond acceptors (Lipinski definition) is 5. The van der Waals surface area contributed by atoms with E-state index < -0.39 is 22.8 Å². The number of rotatable bonds is 4. The molecule has 7 heteroatoms. The van der Waals surface area contributed by atoms with Gasteiger partial charge in [0.05, 0.1) is 23.2 Å². The summed E-state index contributed by atoms with van der Waals surface area (Å²) in [6.45, 7) is 7.25. The van der Waals surface area contributed by atoms with Gasteiger partial charge in [0.15, 0.2) is 11.0 Å². The fourth-order valence-corrected chi connectivity index (χ4v) is 4.96. The molecule has 1 unspecified atom stereocenters. The Morgan fingerprint density at radius 1 is 1.12 bits per heavy atom. The minimum absolute atomic E-state index is 0.00992. The van der Waals surface area contributed by atoms with Crippen LogP contribution >= 0.6 is 0 Å². The molecule has 7 nitrogen and oxygen atoms in total. The van der Waals surface area contributed by atoms with Crippen molar-refractivity contribution in [1.29, 1.82) is 0 Å². The summed E-state index contributed by atoms with van der Waals surface area (Å²) in [5.41, 5.74) is 1.14. The molecule has 2 aromatic carbocycles. The molecule has 3 aromatic rings. The first-order valence-corrected chi connectivity index (χ1v) is 10.4. The average molecular weight is 430 g/mol. The van der Waals surface area contributed by atoms with Crippen molar-refractivity contribution in [3.63, 3.8) is 0 Å². The molecule has 1 aromatic heterocycles. The van der Waals surface area contributed by atoms with Gasteiger partial charge in [-0.05, 0) is 43.2 Å². The second-order valence-corrected chi connectivity index (χ2v) is 8.18. The van der Waals surface area contributed by atoms with E-state index in [0.29, 0.717) is 22.2 Å². The van der Waals surface area contributed by atoms with E-state index in [0.717, 1.165) is 11.1 Å². The molecule has 0 bridgehead atoms. The zero-order valence-electron chi connectivity index (χ0n) is 17.8. The molecule has 1 spiro atoms. The SMILES string of the molecule is C=CCN1C(=O)C2(c3ccccc31)c1c(oc3cc(C)c(C)cc3c1=O)C(=O)N2CCO. The third-order valence-electron chi connectivity index (χ3n) is 6.49. The van der Waals surface area contributed by atoms with Crippen LogP contribution in [-0.2, 0) is 10.3 Å². The number of aliphatic hydroxyl groups excluding tert-OH is 1. The Bertz CT molecular complexity index is 1390. The minimum atomic E-state index is -1.69. The van der Waals surface area contributed by atoms with Gasteiger partial charge >= 0.3 is 0 Å². The highest BCUT2D eigenvalue weighted by Crippen LogP contribution is 2.52. The van der Waals surface area contributed by atoms with Crippen molar-refractivity contribution in [3.05, 3.63) is 87.3 Å². The number of β-amino-alcohol motifs (C(OH)–C–C–N with tert-alkyl or cyclic N) is 1. The summed E-state index contributed by atoms with van der Waals surface area (Å²) >= 11 is 0. The number of aliphatic hydroxyl groups is 1. The van der Waals surface area contributed by atoms with Crippen LogP contribution in [0.1, 0.15) is 32.8 Å². The van der Waals surface area contributed by atoms with Gasteiger partial charge in [0.25, 0.3) is 11.8 Å². The number of para-hydroxylation sites is 1. The van der Waals surface area contributed by atoms with Crippen molar-refractivity contribution in [2.45, 2.75) is 19.4 Å². The van der Waals surface area contributed by atoms with Gasteiger partial charge in [-0.15, -0.1) is 6.58 Å². The monoisotopic (exact) mass is 430 g/mol. The third-order valence-corrected chi connectivity index (χ3v) is 6.49. The highest BCUT2D eigenvalue weighted by molar-refractivity contribution is 6.17. The minimum Gasteiger partial charge on any atom is -0.450 e. The summed E-state index contributed by atoms with van der Waals surface area (Å²) in [6, 6.07) is 10.5. The van der Waals surface area contributed by atoms with E-state index in [-0.39, 0.29) is 31.0 Å². The molecule has 0 aliphatic carbocycles. The van der Waals surface area contributed by atoms with Crippen LogP contribution in [0.3, 0.4) is 0 Å². The van der Waals surface area contributed by atoms with E-state index in [1.54, 1.807) is 42.5 Å². The molecular weight excluding hydrogens is 408 g/mol. The maximum Gasteiger partial charge on any atom is 0.291 e. The lowest BCUT2D eigenvalue weighted by Crippen LogP contribution is -2.54. The van der Waals surface area contributed by atoms with E-state index >= 15 is 0 Å². The molecule has 1 N–H and O–H groups in total. The second kappa shape index (κ2) is 6.90. The summed E-state index contributed by atoms with van der Waals surface area (Å²) in [5.74, 6) is -1.17. The number of benzene rings is 2. The maximum atomic E-state index is 14.0. The molecule has 3 heterocycles. The van der Waals surface area contributed by atoms with E-state index in [1.807, 2.05) is 13.8 Å². The Morgan fingerprint density at radius 2 is 1.84 bits per heavy atom. The fourth-order valence-electron chi connectivity index (χ4n) is 4.96. The Morgan fingerprint density at radius 3 is 2.56 bits per heavy atom. The molecule has 0 radical (unpaired) electrons. The molecule has 0 saturated carbocycles. The summed E-state index contributed by atoms with van der Waals surface area (Å²) in [6.07, 6.45) is 1.59. The maximum absolute atomic E-state index is 14.0. The number of carbonyl (C=O) groups is 2. The molecule has 1 atom stereocenters. The molecule has 32 heavy (non-hydrogen) atoms. The van der Waals surface area contributed by atoms with Gasteiger partial charge in [-0.2, -0.15) is 0 Å². The zero-order chi connectivity index (χ0) is 22.8. The van der Waals surface area contributed by atoms with Crippen LogP contribution in [0.2, 0.25) is 0 Å². The van der Waals surface area contributed by atoms with Gasteiger partial charge in [0.1, 0.15) is 5.58 Å². The highest BCUT2D eigenvalue weighted by atomic mass is 16.3. The summed E-state index contributed by atoms with van der Waals surface area (Å²) in [5, 5.41) is 10.1. The lowest BCUT2D eigenvalue weighted by molar-refractivity contribution is -0.126. The van der Waals surface area contributed by atoms with Crippen molar-refractivity contribution < 1.29 is 19.1 Å². The lowest BCUT2D eigenvalue weighted by atomic mass is 9.84. The molecule has 2 aliphatic rings. The van der Waals surface area contributed by atoms with Gasteiger partial charge in [-0.25, -0.2) is 0 Å². The second-order valence-electron chi connectivity index (χ2n) is 8.18. The summed E-state index contributed by atoms with van der Waals surface area (Å²) in [7, 11) is 0. The molecule has 0 saturated heterocycles. The number of hydrogen-bond donors (Lipinski definition) is 1. The van der Waals surface area contributed by atoms with Gasteiger partial charge in [-0.1, -0.05) is 24.3 Å². The number of anilines is 1. The molecule has 2 amide bonds. The number of carbonyl (C=O) groups excluding carboxylic acids is 2. The quantitative estimate of drug-likeness (QED) is 0.643. The predicted molar refractivity (Wildman–Crippen MR) is 120 cm³/mol. The van der Waals surface area contributed by atoms with Crippen LogP contribution < -0.4 is 10.3 Å². The van der Waals surface area contributed by atoms with Crippen LogP contribution in [0.4, 0.5) is 5.69 Å². The smallest absolute Gasteiger partial charge is 0.291 e. The van der Waals surface area contributed by atoms with Crippen molar-refractivity contribution in [2.75, 3.05) is 24.6 Å². The lowest BCUT2D eigenvalue weighted by Gasteiger charge is -2.33. The van der Waals surface area contributed by atoms with Gasteiger partial charge in [0, 0.05) is 18.7 Å². The van der Waals surface area contributed by atoms with Crippen molar-refractivity contribution in [3.8, 4) is 0 Å². The Hall–Kier alpha value is -3.71. The molecule has 0 fully saturated rings. The van der Waals surface area contributed by atoms with Crippen LogP contribution in [-0.4, -0.2) is 41.5 Å². The van der Waals surface area contributed by atoms with Crippen molar-refractivity contribution in [1.82, 2.24) is 4.90 Å². The first-order valence-electron chi connectivity index (χ1n) is 10.4. The van der Waals surface area contributed by atoms with Crippen LogP contribution in [0.25, 0.3) is 11.0 Å². The number of fused-ring (bicyclic) bond motifs is 5. The normalized spacial score (nSPS) is 19.2. The number of aryl methyl sites for hydroxylation is 2. The van der Waals surface area contributed by atoms with Gasteiger partial charge < -0.3 is 19.3 Å². The van der Waals surface area contributed by atoms with Crippen molar-refractivity contribution in [2.24, 2.45) is 0 Å². The Labute approximate surface area is 184 Å². The third kappa shape index (κ3) is 2.31. The van der Waals surface area contributed by atoms with Crippen LogP contribution in [0.5, 0.6) is 0 Å². The van der Waals surface area contributed by atoms with E-state index in [4.69, 9.17) is 4.42 Å². The van der Waals surface area contributed by atoms with E-state index in [2.05, 4.69) is 6.58 Å². The first-order chi connectivity index (χ1) is 15.4. The van der Waals surface area contributed by atoms with Crippen LogP contribution in [0.15, 0.2) is 58.3 Å². The highest BCUT2D eigenvalue weighted by Gasteiger charge is 2.64. The predicted octanol–water partition coefficient (Wildman–Crippen LogP) is 2.63. The molecule has 5 rings (SSSR count). The molecule has 2 aliphatic heterocycles. The zero-order valence-corrected chi connectivity index (χ0v) is 17.8.